The second-order valence-corrected chi connectivity index (χ2v) is 8.50. The van der Waals surface area contributed by atoms with Crippen LogP contribution >= 0.6 is 15.9 Å². The number of aromatic nitrogens is 1. The zero-order valence-electron chi connectivity index (χ0n) is 17.6. The van der Waals surface area contributed by atoms with Crippen molar-refractivity contribution in [1.29, 1.82) is 0 Å². The number of fused-ring (bicyclic) bond motifs is 1. The largest absolute Gasteiger partial charge is 0.486 e. The van der Waals surface area contributed by atoms with E-state index in [1.165, 1.54) is 6.08 Å². The highest BCUT2D eigenvalue weighted by molar-refractivity contribution is 9.10. The fourth-order valence-electron chi connectivity index (χ4n) is 3.58. The van der Waals surface area contributed by atoms with Gasteiger partial charge >= 0.3 is 0 Å². The number of furan rings is 1. The maximum absolute atomic E-state index is 12.6. The molecule has 0 aliphatic heterocycles. The fraction of sp³-hybridized carbons (Fsp3) is 0.0357. The van der Waals surface area contributed by atoms with Gasteiger partial charge in [-0.05, 0) is 83.6 Å². The number of benzene rings is 3. The summed E-state index contributed by atoms with van der Waals surface area (Å²) in [4.78, 5) is 12.6. The third-order valence-electron chi connectivity index (χ3n) is 5.27. The number of ether oxygens (including phenoxy) is 1. The number of rotatable bonds is 7. The standard InChI is InChI=1S/C28H20BrNO3/c29-23-8-6-21-18-26(9-7-20(21)16-23)32-19-27-11-10-25(33-27)12-13-28(31)22-4-3-5-24(17-22)30-14-1-2-15-30/h1-18H,19H2/b13-12+. The highest BCUT2D eigenvalue weighted by atomic mass is 79.9. The maximum atomic E-state index is 12.6. The molecule has 0 saturated carbocycles. The summed E-state index contributed by atoms with van der Waals surface area (Å²) in [6.45, 7) is 0.308. The summed E-state index contributed by atoms with van der Waals surface area (Å²) in [6, 6.07) is 27.2. The van der Waals surface area contributed by atoms with Crippen LogP contribution in [0.2, 0.25) is 0 Å². The van der Waals surface area contributed by atoms with Gasteiger partial charge in [-0.1, -0.05) is 40.2 Å². The van der Waals surface area contributed by atoms with E-state index in [4.69, 9.17) is 9.15 Å². The Morgan fingerprint density at radius 1 is 0.909 bits per heavy atom. The number of carbonyl (C=O) groups is 1. The van der Waals surface area contributed by atoms with Gasteiger partial charge < -0.3 is 13.7 Å². The predicted molar refractivity (Wildman–Crippen MR) is 134 cm³/mol. The zero-order chi connectivity index (χ0) is 22.6. The number of allylic oxidation sites excluding steroid dienone is 1. The molecular formula is C28H20BrNO3. The lowest BCUT2D eigenvalue weighted by Gasteiger charge is -2.06. The Hall–Kier alpha value is -3.83. The first-order chi connectivity index (χ1) is 16.1. The quantitative estimate of drug-likeness (QED) is 0.173. The van der Waals surface area contributed by atoms with Gasteiger partial charge in [0, 0.05) is 28.1 Å². The van der Waals surface area contributed by atoms with Gasteiger partial charge in [0.15, 0.2) is 5.78 Å². The lowest BCUT2D eigenvalue weighted by molar-refractivity contribution is 0.104. The van der Waals surface area contributed by atoms with E-state index in [1.54, 1.807) is 6.08 Å². The van der Waals surface area contributed by atoms with E-state index in [0.717, 1.165) is 26.7 Å². The van der Waals surface area contributed by atoms with Crippen molar-refractivity contribution in [2.24, 2.45) is 0 Å². The molecule has 0 spiro atoms. The Labute approximate surface area is 199 Å². The van der Waals surface area contributed by atoms with E-state index in [1.807, 2.05) is 95.8 Å². The van der Waals surface area contributed by atoms with Crippen LogP contribution in [0.5, 0.6) is 5.75 Å². The maximum Gasteiger partial charge on any atom is 0.186 e. The summed E-state index contributed by atoms with van der Waals surface area (Å²) in [5, 5.41) is 2.25. The molecule has 0 aliphatic rings. The van der Waals surface area contributed by atoms with E-state index in [2.05, 4.69) is 22.0 Å². The van der Waals surface area contributed by atoms with Gasteiger partial charge in [-0.2, -0.15) is 0 Å². The molecule has 0 fully saturated rings. The predicted octanol–water partition coefficient (Wildman–Crippen LogP) is 7.46. The van der Waals surface area contributed by atoms with Gasteiger partial charge in [-0.3, -0.25) is 4.79 Å². The Morgan fingerprint density at radius 2 is 1.73 bits per heavy atom. The summed E-state index contributed by atoms with van der Waals surface area (Å²) < 4.78 is 14.7. The molecule has 2 aromatic heterocycles. The highest BCUT2D eigenvalue weighted by Crippen LogP contribution is 2.25. The monoisotopic (exact) mass is 497 g/mol. The normalized spacial score (nSPS) is 11.3. The topological polar surface area (TPSA) is 44.4 Å². The molecule has 5 heteroatoms. The third kappa shape index (κ3) is 4.99. The Balaban J connectivity index is 1.22. The van der Waals surface area contributed by atoms with E-state index >= 15 is 0 Å². The molecule has 5 rings (SSSR count). The van der Waals surface area contributed by atoms with Gasteiger partial charge in [-0.25, -0.2) is 0 Å². The van der Waals surface area contributed by atoms with Crippen LogP contribution < -0.4 is 4.74 Å². The molecule has 0 bridgehead atoms. The lowest BCUT2D eigenvalue weighted by Crippen LogP contribution is -1.97. The van der Waals surface area contributed by atoms with Crippen molar-refractivity contribution >= 4 is 38.6 Å². The van der Waals surface area contributed by atoms with Gasteiger partial charge in [-0.15, -0.1) is 0 Å². The van der Waals surface area contributed by atoms with Crippen LogP contribution in [0.25, 0.3) is 22.5 Å². The molecular weight excluding hydrogens is 478 g/mol. The van der Waals surface area contributed by atoms with Crippen molar-refractivity contribution in [3.8, 4) is 11.4 Å². The Morgan fingerprint density at radius 3 is 2.61 bits per heavy atom. The molecule has 3 aromatic carbocycles. The molecule has 0 unspecified atom stereocenters. The van der Waals surface area contributed by atoms with Crippen molar-refractivity contribution < 1.29 is 13.9 Å². The zero-order valence-corrected chi connectivity index (χ0v) is 19.2. The molecule has 162 valence electrons. The second kappa shape index (κ2) is 9.35. The van der Waals surface area contributed by atoms with Crippen molar-refractivity contribution in [1.82, 2.24) is 4.57 Å². The molecule has 0 saturated heterocycles. The van der Waals surface area contributed by atoms with Gasteiger partial charge in [0.05, 0.1) is 0 Å². The van der Waals surface area contributed by atoms with Crippen LogP contribution in [0.15, 0.2) is 112 Å². The van der Waals surface area contributed by atoms with Crippen LogP contribution in [0.1, 0.15) is 21.9 Å². The Kier molecular flexibility index (Phi) is 5.96. The molecule has 0 amide bonds. The Bertz CT molecular complexity index is 1450. The number of halogens is 1. The number of hydrogen-bond acceptors (Lipinski definition) is 3. The first kappa shape index (κ1) is 21.0. The minimum absolute atomic E-state index is 0.0824. The van der Waals surface area contributed by atoms with Crippen molar-refractivity contribution in [2.75, 3.05) is 0 Å². The van der Waals surface area contributed by atoms with Gasteiger partial charge in [0.1, 0.15) is 23.9 Å². The lowest BCUT2D eigenvalue weighted by atomic mass is 10.1. The third-order valence-corrected chi connectivity index (χ3v) is 5.76. The van der Waals surface area contributed by atoms with Crippen LogP contribution in [0, 0.1) is 0 Å². The molecule has 0 atom stereocenters. The molecule has 0 N–H and O–H groups in total. The van der Waals surface area contributed by atoms with Gasteiger partial charge in [0.2, 0.25) is 0 Å². The molecule has 5 aromatic rings. The first-order valence-corrected chi connectivity index (χ1v) is 11.3. The van der Waals surface area contributed by atoms with Crippen LogP contribution in [-0.2, 0) is 6.61 Å². The SMILES string of the molecule is O=C(/C=C/c1ccc(COc2ccc3cc(Br)ccc3c2)o1)c1cccc(-n2cccc2)c1. The first-order valence-electron chi connectivity index (χ1n) is 10.5. The van der Waals surface area contributed by atoms with Crippen LogP contribution in [0.3, 0.4) is 0 Å². The van der Waals surface area contributed by atoms with Crippen molar-refractivity contribution in [2.45, 2.75) is 6.61 Å². The number of carbonyl (C=O) groups excluding carboxylic acids is 1. The number of nitrogens with zero attached hydrogens (tertiary/aromatic N) is 1. The van der Waals surface area contributed by atoms with E-state index in [9.17, 15) is 4.79 Å². The fourth-order valence-corrected chi connectivity index (χ4v) is 3.96. The molecule has 33 heavy (non-hydrogen) atoms. The number of ketones is 1. The summed E-state index contributed by atoms with van der Waals surface area (Å²) in [5.41, 5.74) is 1.56. The summed E-state index contributed by atoms with van der Waals surface area (Å²) in [7, 11) is 0. The van der Waals surface area contributed by atoms with Crippen molar-refractivity contribution in [3.05, 3.63) is 125 Å². The average Bonchev–Trinajstić information content (AvgIpc) is 3.54. The van der Waals surface area contributed by atoms with E-state index in [-0.39, 0.29) is 5.78 Å². The molecule has 0 aliphatic carbocycles. The van der Waals surface area contributed by atoms with E-state index in [0.29, 0.717) is 23.7 Å². The highest BCUT2D eigenvalue weighted by Gasteiger charge is 2.06. The second-order valence-electron chi connectivity index (χ2n) is 7.58. The summed E-state index contributed by atoms with van der Waals surface area (Å²) in [5.74, 6) is 1.98. The summed E-state index contributed by atoms with van der Waals surface area (Å²) >= 11 is 3.49. The number of hydrogen-bond donors (Lipinski definition) is 0. The summed E-state index contributed by atoms with van der Waals surface area (Å²) in [6.07, 6.45) is 7.10. The minimum Gasteiger partial charge on any atom is -0.486 e. The minimum atomic E-state index is -0.0824. The van der Waals surface area contributed by atoms with Crippen LogP contribution in [-0.4, -0.2) is 10.4 Å². The molecule has 0 radical (unpaired) electrons. The van der Waals surface area contributed by atoms with Crippen molar-refractivity contribution in [3.63, 3.8) is 0 Å². The molecule has 2 heterocycles. The van der Waals surface area contributed by atoms with Gasteiger partial charge in [0.25, 0.3) is 0 Å². The smallest absolute Gasteiger partial charge is 0.186 e. The molecule has 4 nitrogen and oxygen atoms in total. The van der Waals surface area contributed by atoms with Crippen LogP contribution in [0.4, 0.5) is 0 Å². The average molecular weight is 498 g/mol. The van der Waals surface area contributed by atoms with E-state index < -0.39 is 0 Å².